The standard InChI is InChI=1S/C60H116O8/c1-4-7-10-13-16-19-22-25-28-31-34-37-40-43-46-49-58(62)66-54-57(55-67-59(63)50-47-44-41-38-35-32-29-26-23-20-17-14-11-8-5-2)65-53-56(52-61)68-60(64)51-48-45-42-39-36-33-30-27-24-21-18-15-12-9-6-3/h56-57,61H,4-55H2,1-3H3. The second-order valence-electron chi connectivity index (χ2n) is 20.7. The first kappa shape index (κ1) is 66.3. The van der Waals surface area contributed by atoms with Crippen LogP contribution in [0.25, 0.3) is 0 Å². The molecule has 8 heteroatoms. The molecule has 68 heavy (non-hydrogen) atoms. The highest BCUT2D eigenvalue weighted by molar-refractivity contribution is 5.70. The Labute approximate surface area is 422 Å². The number of carbonyl (C=O) groups is 3. The minimum Gasteiger partial charge on any atom is -0.463 e. The number of aliphatic hydroxyl groups is 1. The molecule has 0 radical (unpaired) electrons. The summed E-state index contributed by atoms with van der Waals surface area (Å²) in [5, 5.41) is 10.0. The molecule has 0 aliphatic heterocycles. The van der Waals surface area contributed by atoms with Crippen LogP contribution in [0.15, 0.2) is 0 Å². The molecule has 0 aromatic carbocycles. The van der Waals surface area contributed by atoms with Crippen molar-refractivity contribution >= 4 is 17.9 Å². The van der Waals surface area contributed by atoms with E-state index < -0.39 is 12.2 Å². The van der Waals surface area contributed by atoms with E-state index in [1.807, 2.05) is 0 Å². The first-order chi connectivity index (χ1) is 33.5. The van der Waals surface area contributed by atoms with Gasteiger partial charge in [0, 0.05) is 19.3 Å². The minimum absolute atomic E-state index is 0.0605. The van der Waals surface area contributed by atoms with E-state index in [0.717, 1.165) is 57.8 Å². The van der Waals surface area contributed by atoms with Crippen molar-refractivity contribution < 1.29 is 38.4 Å². The molecule has 0 aliphatic carbocycles. The van der Waals surface area contributed by atoms with Crippen LogP contribution in [-0.2, 0) is 33.3 Å². The molecule has 0 spiro atoms. The van der Waals surface area contributed by atoms with E-state index >= 15 is 0 Å². The Balaban J connectivity index is 4.47. The van der Waals surface area contributed by atoms with Crippen LogP contribution in [0.3, 0.4) is 0 Å². The Kier molecular flexibility index (Phi) is 54.9. The third kappa shape index (κ3) is 52.2. The summed E-state index contributed by atoms with van der Waals surface area (Å²) in [6, 6.07) is 0. The quantitative estimate of drug-likeness (QED) is 0.0365. The molecule has 0 bridgehead atoms. The lowest BCUT2D eigenvalue weighted by Crippen LogP contribution is -2.34. The number of esters is 3. The molecule has 8 nitrogen and oxygen atoms in total. The molecule has 0 aliphatic rings. The number of ether oxygens (including phenoxy) is 4. The average molecular weight is 966 g/mol. The van der Waals surface area contributed by atoms with Crippen LogP contribution in [0.1, 0.15) is 329 Å². The SMILES string of the molecule is CCCCCCCCCCCCCCCCCC(=O)OCC(COC(=O)CCCCCCCCCCCCCCCCC)OCC(CO)OC(=O)CCCCCCCCCCCCCCCCC. The molecule has 1 unspecified atom stereocenters. The second kappa shape index (κ2) is 56.2. The summed E-state index contributed by atoms with van der Waals surface area (Å²) in [4.78, 5) is 38.1. The lowest BCUT2D eigenvalue weighted by atomic mass is 10.0. The molecule has 0 rings (SSSR count). The van der Waals surface area contributed by atoms with Crippen molar-refractivity contribution in [1.29, 1.82) is 0 Å². The predicted octanol–water partition coefficient (Wildman–Crippen LogP) is 18.1. The molecular formula is C60H116O8. The third-order valence-corrected chi connectivity index (χ3v) is 13.8. The van der Waals surface area contributed by atoms with Gasteiger partial charge in [-0.2, -0.15) is 0 Å². The molecule has 0 heterocycles. The van der Waals surface area contributed by atoms with Gasteiger partial charge in [0.1, 0.15) is 25.4 Å². The first-order valence-electron chi connectivity index (χ1n) is 30.2. The number of aliphatic hydroxyl groups excluding tert-OH is 1. The summed E-state index contributed by atoms with van der Waals surface area (Å²) < 4.78 is 22.8. The van der Waals surface area contributed by atoms with Gasteiger partial charge in [0.25, 0.3) is 0 Å². The molecule has 404 valence electrons. The van der Waals surface area contributed by atoms with Gasteiger partial charge in [0.15, 0.2) is 0 Å². The zero-order chi connectivity index (χ0) is 49.5. The van der Waals surface area contributed by atoms with E-state index in [-0.39, 0.29) is 44.3 Å². The van der Waals surface area contributed by atoms with Gasteiger partial charge in [-0.05, 0) is 19.3 Å². The zero-order valence-corrected chi connectivity index (χ0v) is 45.7. The highest BCUT2D eigenvalue weighted by Gasteiger charge is 2.20. The van der Waals surface area contributed by atoms with Crippen molar-refractivity contribution in [3.8, 4) is 0 Å². The average Bonchev–Trinajstić information content (AvgIpc) is 3.34. The topological polar surface area (TPSA) is 108 Å². The van der Waals surface area contributed by atoms with Crippen LogP contribution in [0.4, 0.5) is 0 Å². The van der Waals surface area contributed by atoms with Crippen molar-refractivity contribution in [2.75, 3.05) is 26.4 Å². The summed E-state index contributed by atoms with van der Waals surface area (Å²) in [6.07, 6.45) is 56.5. The van der Waals surface area contributed by atoms with E-state index in [9.17, 15) is 19.5 Å². The fourth-order valence-electron chi connectivity index (χ4n) is 9.19. The monoisotopic (exact) mass is 965 g/mol. The second-order valence-corrected chi connectivity index (χ2v) is 20.7. The van der Waals surface area contributed by atoms with Gasteiger partial charge in [-0.3, -0.25) is 14.4 Å². The number of hydrogen-bond donors (Lipinski definition) is 1. The molecule has 1 N–H and O–H groups in total. The fourth-order valence-corrected chi connectivity index (χ4v) is 9.19. The minimum atomic E-state index is -0.839. The van der Waals surface area contributed by atoms with Crippen LogP contribution in [0.5, 0.6) is 0 Å². The summed E-state index contributed by atoms with van der Waals surface area (Å²) in [6.45, 7) is 6.24. The van der Waals surface area contributed by atoms with Crippen LogP contribution in [0.2, 0.25) is 0 Å². The Morgan fingerprint density at radius 3 is 0.750 bits per heavy atom. The number of hydrogen-bond acceptors (Lipinski definition) is 8. The van der Waals surface area contributed by atoms with E-state index in [0.29, 0.717) is 19.3 Å². The van der Waals surface area contributed by atoms with Gasteiger partial charge in [0.05, 0.1) is 13.2 Å². The molecule has 0 fully saturated rings. The van der Waals surface area contributed by atoms with E-state index in [1.54, 1.807) is 0 Å². The van der Waals surface area contributed by atoms with Crippen molar-refractivity contribution in [2.45, 2.75) is 341 Å². The summed E-state index contributed by atoms with van der Waals surface area (Å²) in [5.74, 6) is -0.916. The Hall–Kier alpha value is -1.67. The van der Waals surface area contributed by atoms with Crippen LogP contribution >= 0.6 is 0 Å². The molecule has 0 saturated carbocycles. The van der Waals surface area contributed by atoms with E-state index in [1.165, 1.54) is 231 Å². The summed E-state index contributed by atoms with van der Waals surface area (Å²) >= 11 is 0. The zero-order valence-electron chi connectivity index (χ0n) is 45.7. The highest BCUT2D eigenvalue weighted by atomic mass is 16.6. The highest BCUT2D eigenvalue weighted by Crippen LogP contribution is 2.18. The van der Waals surface area contributed by atoms with Crippen molar-refractivity contribution in [3.05, 3.63) is 0 Å². The summed E-state index contributed by atoms with van der Waals surface area (Å²) in [7, 11) is 0. The molecule has 0 aromatic rings. The molecular weight excluding hydrogens is 849 g/mol. The third-order valence-electron chi connectivity index (χ3n) is 13.8. The number of unbranched alkanes of at least 4 members (excludes halogenated alkanes) is 42. The molecule has 0 aromatic heterocycles. The molecule has 0 saturated heterocycles. The fraction of sp³-hybridized carbons (Fsp3) is 0.950. The predicted molar refractivity (Wildman–Crippen MR) is 287 cm³/mol. The van der Waals surface area contributed by atoms with Gasteiger partial charge in [-0.1, -0.05) is 290 Å². The summed E-state index contributed by atoms with van der Waals surface area (Å²) in [5.41, 5.74) is 0. The van der Waals surface area contributed by atoms with Gasteiger partial charge >= 0.3 is 17.9 Å². The van der Waals surface area contributed by atoms with Crippen LogP contribution < -0.4 is 0 Å². The van der Waals surface area contributed by atoms with Crippen molar-refractivity contribution in [1.82, 2.24) is 0 Å². The first-order valence-corrected chi connectivity index (χ1v) is 30.2. The van der Waals surface area contributed by atoms with Gasteiger partial charge < -0.3 is 24.1 Å². The smallest absolute Gasteiger partial charge is 0.306 e. The Morgan fingerprint density at radius 1 is 0.294 bits per heavy atom. The van der Waals surface area contributed by atoms with Crippen LogP contribution in [0, 0.1) is 0 Å². The lowest BCUT2D eigenvalue weighted by molar-refractivity contribution is -0.163. The van der Waals surface area contributed by atoms with Gasteiger partial charge in [-0.25, -0.2) is 0 Å². The largest absolute Gasteiger partial charge is 0.463 e. The van der Waals surface area contributed by atoms with E-state index in [4.69, 9.17) is 18.9 Å². The van der Waals surface area contributed by atoms with E-state index in [2.05, 4.69) is 20.8 Å². The Bertz CT molecular complexity index is 985. The molecule has 0 amide bonds. The van der Waals surface area contributed by atoms with Crippen LogP contribution in [-0.4, -0.2) is 61.6 Å². The number of carbonyl (C=O) groups excluding carboxylic acids is 3. The number of rotatable bonds is 57. The maximum atomic E-state index is 12.7. The maximum Gasteiger partial charge on any atom is 0.306 e. The Morgan fingerprint density at radius 2 is 0.515 bits per heavy atom. The lowest BCUT2D eigenvalue weighted by Gasteiger charge is -2.21. The van der Waals surface area contributed by atoms with Gasteiger partial charge in [-0.15, -0.1) is 0 Å². The molecule has 1 atom stereocenters. The van der Waals surface area contributed by atoms with Crippen molar-refractivity contribution in [2.24, 2.45) is 0 Å². The maximum absolute atomic E-state index is 12.7. The van der Waals surface area contributed by atoms with Gasteiger partial charge in [0.2, 0.25) is 0 Å². The normalized spacial score (nSPS) is 12.0. The van der Waals surface area contributed by atoms with Crippen molar-refractivity contribution in [3.63, 3.8) is 0 Å².